The van der Waals surface area contributed by atoms with Crippen LogP contribution in [0.15, 0.2) is 42.7 Å². The van der Waals surface area contributed by atoms with E-state index in [2.05, 4.69) is 13.0 Å². The van der Waals surface area contributed by atoms with Gasteiger partial charge in [0.25, 0.3) is 0 Å². The number of aryl methyl sites for hydroxylation is 1. The van der Waals surface area contributed by atoms with Crippen LogP contribution in [0.5, 0.6) is 11.5 Å². The lowest BCUT2D eigenvalue weighted by molar-refractivity contribution is 0.341. The minimum Gasteiger partial charge on any atom is -0.493 e. The predicted octanol–water partition coefficient (Wildman–Crippen LogP) is 3.72. The average molecular weight is 282 g/mol. The van der Waals surface area contributed by atoms with Gasteiger partial charge in [-0.15, -0.1) is 0 Å². The highest BCUT2D eigenvalue weighted by Crippen LogP contribution is 2.32. The Bertz CT molecular complexity index is 778. The number of methoxy groups -OCH3 is 1. The minimum absolute atomic E-state index is 0.632. The Kier molecular flexibility index (Phi) is 3.52. The molecule has 3 rings (SSSR count). The first-order valence-corrected chi connectivity index (χ1v) is 6.98. The van der Waals surface area contributed by atoms with Crippen molar-refractivity contribution in [2.24, 2.45) is 0 Å². The smallest absolute Gasteiger partial charge is 0.180 e. The summed E-state index contributed by atoms with van der Waals surface area (Å²) < 4.78 is 13.0. The zero-order chi connectivity index (χ0) is 14.8. The van der Waals surface area contributed by atoms with E-state index in [-0.39, 0.29) is 0 Å². The topological polar surface area (TPSA) is 35.8 Å². The van der Waals surface area contributed by atoms with Crippen molar-refractivity contribution in [3.8, 4) is 22.8 Å². The summed E-state index contributed by atoms with van der Waals surface area (Å²) in [5.74, 6) is 1.61. The van der Waals surface area contributed by atoms with E-state index >= 15 is 0 Å². The number of nitrogens with zero attached hydrogens (tertiary/aromatic N) is 2. The number of fused-ring (bicyclic) bond motifs is 1. The van der Waals surface area contributed by atoms with Gasteiger partial charge in [0.05, 0.1) is 19.4 Å². The van der Waals surface area contributed by atoms with Gasteiger partial charge in [-0.25, -0.2) is 4.98 Å². The van der Waals surface area contributed by atoms with E-state index in [1.54, 1.807) is 7.11 Å². The molecule has 21 heavy (non-hydrogen) atoms. The van der Waals surface area contributed by atoms with Crippen LogP contribution in [-0.2, 0) is 0 Å². The van der Waals surface area contributed by atoms with E-state index in [0.29, 0.717) is 6.61 Å². The Hall–Kier alpha value is -2.49. The third-order valence-electron chi connectivity index (χ3n) is 3.38. The van der Waals surface area contributed by atoms with Gasteiger partial charge in [0.1, 0.15) is 5.75 Å². The Morgan fingerprint density at radius 1 is 1.19 bits per heavy atom. The number of aromatic nitrogens is 2. The van der Waals surface area contributed by atoms with Crippen LogP contribution in [0.25, 0.3) is 16.9 Å². The second-order valence-corrected chi connectivity index (χ2v) is 4.87. The van der Waals surface area contributed by atoms with Crippen LogP contribution in [-0.4, -0.2) is 23.1 Å². The molecule has 0 atom stereocenters. The van der Waals surface area contributed by atoms with E-state index in [1.807, 2.05) is 48.0 Å². The lowest BCUT2D eigenvalue weighted by Gasteiger charge is -2.09. The zero-order valence-corrected chi connectivity index (χ0v) is 12.5. The van der Waals surface area contributed by atoms with Crippen molar-refractivity contribution >= 4 is 5.65 Å². The molecular weight excluding hydrogens is 264 g/mol. The van der Waals surface area contributed by atoms with Gasteiger partial charge in [-0.05, 0) is 38.1 Å². The monoisotopic (exact) mass is 282 g/mol. The molecule has 2 heterocycles. The van der Waals surface area contributed by atoms with Crippen molar-refractivity contribution in [1.82, 2.24) is 9.38 Å². The van der Waals surface area contributed by atoms with Crippen molar-refractivity contribution in [1.29, 1.82) is 0 Å². The number of pyridine rings is 1. The molecule has 0 saturated heterocycles. The molecule has 1 aromatic carbocycles. The Morgan fingerprint density at radius 3 is 2.81 bits per heavy atom. The largest absolute Gasteiger partial charge is 0.493 e. The van der Waals surface area contributed by atoms with E-state index in [1.165, 1.54) is 5.56 Å². The first-order chi connectivity index (χ1) is 10.2. The third kappa shape index (κ3) is 2.44. The second-order valence-electron chi connectivity index (χ2n) is 4.87. The first kappa shape index (κ1) is 13.5. The fraction of sp³-hybridized carbons (Fsp3) is 0.235. The van der Waals surface area contributed by atoms with Crippen LogP contribution < -0.4 is 9.47 Å². The van der Waals surface area contributed by atoms with Gasteiger partial charge in [0.15, 0.2) is 11.4 Å². The maximum absolute atomic E-state index is 5.72. The fourth-order valence-electron chi connectivity index (χ4n) is 2.40. The third-order valence-corrected chi connectivity index (χ3v) is 3.38. The average Bonchev–Trinajstić information content (AvgIpc) is 2.93. The van der Waals surface area contributed by atoms with E-state index in [0.717, 1.165) is 28.4 Å². The number of ether oxygens (including phenoxy) is 2. The van der Waals surface area contributed by atoms with Gasteiger partial charge in [-0.2, -0.15) is 0 Å². The van der Waals surface area contributed by atoms with Crippen molar-refractivity contribution in [3.05, 3.63) is 48.3 Å². The second kappa shape index (κ2) is 5.48. The highest BCUT2D eigenvalue weighted by Gasteiger charge is 2.12. The molecule has 0 spiro atoms. The molecule has 2 aromatic heterocycles. The Balaban J connectivity index is 2.18. The molecule has 0 radical (unpaired) electrons. The van der Waals surface area contributed by atoms with Crippen LogP contribution in [0.4, 0.5) is 0 Å². The van der Waals surface area contributed by atoms with Gasteiger partial charge < -0.3 is 13.9 Å². The Labute approximate surface area is 124 Å². The van der Waals surface area contributed by atoms with Gasteiger partial charge in [-0.1, -0.05) is 11.6 Å². The van der Waals surface area contributed by atoms with Crippen LogP contribution in [0.3, 0.4) is 0 Å². The summed E-state index contributed by atoms with van der Waals surface area (Å²) in [4.78, 5) is 4.70. The molecule has 0 unspecified atom stereocenters. The number of hydrogen-bond donors (Lipinski definition) is 0. The number of benzene rings is 1. The fourth-order valence-corrected chi connectivity index (χ4v) is 2.40. The van der Waals surface area contributed by atoms with E-state index in [9.17, 15) is 0 Å². The lowest BCUT2D eigenvalue weighted by atomic mass is 10.1. The SMILES string of the molecule is CCOc1ccc(C)cc1-c1cn2cccc(OC)c2n1. The predicted molar refractivity (Wildman–Crippen MR) is 83.1 cm³/mol. The standard InChI is InChI=1S/C17H18N2O2/c1-4-21-15-8-7-12(2)10-13(15)14-11-19-9-5-6-16(20-3)17(19)18-14/h5-11H,4H2,1-3H3. The van der Waals surface area contributed by atoms with Crippen LogP contribution >= 0.6 is 0 Å². The lowest BCUT2D eigenvalue weighted by Crippen LogP contribution is -1.94. The summed E-state index contributed by atoms with van der Waals surface area (Å²) in [7, 11) is 1.65. The molecule has 0 aliphatic rings. The summed E-state index contributed by atoms with van der Waals surface area (Å²) in [5, 5.41) is 0. The number of hydrogen-bond acceptors (Lipinski definition) is 3. The van der Waals surface area contributed by atoms with Crippen molar-refractivity contribution in [2.45, 2.75) is 13.8 Å². The summed E-state index contributed by atoms with van der Waals surface area (Å²) in [6.45, 7) is 4.68. The van der Waals surface area contributed by atoms with Crippen molar-refractivity contribution in [2.75, 3.05) is 13.7 Å². The molecule has 4 nitrogen and oxygen atoms in total. The molecule has 3 aromatic rings. The molecular formula is C17H18N2O2. The normalized spacial score (nSPS) is 10.8. The van der Waals surface area contributed by atoms with Crippen molar-refractivity contribution in [3.63, 3.8) is 0 Å². The van der Waals surface area contributed by atoms with Gasteiger partial charge in [-0.3, -0.25) is 0 Å². The number of imidazole rings is 1. The molecule has 0 amide bonds. The maximum Gasteiger partial charge on any atom is 0.180 e. The van der Waals surface area contributed by atoms with Gasteiger partial charge in [0.2, 0.25) is 0 Å². The van der Waals surface area contributed by atoms with Crippen LogP contribution in [0.2, 0.25) is 0 Å². The number of rotatable bonds is 4. The molecule has 0 saturated carbocycles. The molecule has 0 bridgehead atoms. The van der Waals surface area contributed by atoms with Gasteiger partial charge in [0, 0.05) is 18.0 Å². The first-order valence-electron chi connectivity index (χ1n) is 6.98. The minimum atomic E-state index is 0.632. The summed E-state index contributed by atoms with van der Waals surface area (Å²) in [5.41, 5.74) is 3.87. The maximum atomic E-state index is 5.72. The molecule has 0 aliphatic heterocycles. The molecule has 0 aliphatic carbocycles. The van der Waals surface area contributed by atoms with Crippen LogP contribution in [0.1, 0.15) is 12.5 Å². The molecule has 0 N–H and O–H groups in total. The van der Waals surface area contributed by atoms with E-state index < -0.39 is 0 Å². The summed E-state index contributed by atoms with van der Waals surface area (Å²) in [6, 6.07) is 9.99. The molecule has 108 valence electrons. The highest BCUT2D eigenvalue weighted by molar-refractivity contribution is 5.71. The van der Waals surface area contributed by atoms with Gasteiger partial charge >= 0.3 is 0 Å². The van der Waals surface area contributed by atoms with Crippen LogP contribution in [0, 0.1) is 6.92 Å². The summed E-state index contributed by atoms with van der Waals surface area (Å²) >= 11 is 0. The molecule has 4 heteroatoms. The van der Waals surface area contributed by atoms with E-state index in [4.69, 9.17) is 14.5 Å². The quantitative estimate of drug-likeness (QED) is 0.731. The zero-order valence-electron chi connectivity index (χ0n) is 12.5. The summed E-state index contributed by atoms with van der Waals surface area (Å²) in [6.07, 6.45) is 3.96. The molecule has 0 fully saturated rings. The van der Waals surface area contributed by atoms with Crippen molar-refractivity contribution < 1.29 is 9.47 Å². The Morgan fingerprint density at radius 2 is 2.05 bits per heavy atom. The highest BCUT2D eigenvalue weighted by atomic mass is 16.5.